The lowest BCUT2D eigenvalue weighted by atomic mass is 10.1. The van der Waals surface area contributed by atoms with Crippen molar-refractivity contribution in [2.24, 2.45) is 5.16 Å². The van der Waals surface area contributed by atoms with Crippen molar-refractivity contribution in [3.8, 4) is 5.75 Å². The zero-order valence-electron chi connectivity index (χ0n) is 19.4. The number of hydrogen-bond donors (Lipinski definition) is 1. The monoisotopic (exact) mass is 617 g/mol. The van der Waals surface area contributed by atoms with Gasteiger partial charge in [-0.2, -0.15) is 0 Å². The van der Waals surface area contributed by atoms with E-state index in [4.69, 9.17) is 44.4 Å². The average Bonchev–Trinajstić information content (AvgIpc) is 2.77. The van der Waals surface area contributed by atoms with Crippen LogP contribution in [0, 0.1) is 6.92 Å². The number of hydrogen-bond acceptors (Lipinski definition) is 6. The summed E-state index contributed by atoms with van der Waals surface area (Å²) in [5, 5.41) is 8.97. The Morgan fingerprint density at radius 3 is 2.63 bits per heavy atom. The summed E-state index contributed by atoms with van der Waals surface area (Å²) in [5.41, 5.74) is 0.908. The van der Waals surface area contributed by atoms with Crippen LogP contribution in [0.15, 0.2) is 46.2 Å². The van der Waals surface area contributed by atoms with Crippen molar-refractivity contribution in [2.75, 3.05) is 6.26 Å². The number of nitrogens with one attached hydrogen (secondary N) is 1. The molecule has 0 aliphatic rings. The average molecular weight is 620 g/mol. The van der Waals surface area contributed by atoms with E-state index >= 15 is 0 Å². The lowest BCUT2D eigenvalue weighted by Crippen LogP contribution is -2.49. The van der Waals surface area contributed by atoms with Crippen molar-refractivity contribution in [3.63, 3.8) is 0 Å². The van der Waals surface area contributed by atoms with Crippen LogP contribution in [-0.4, -0.2) is 34.3 Å². The summed E-state index contributed by atoms with van der Waals surface area (Å²) in [6.07, 6.45) is 5.05. The predicted molar refractivity (Wildman–Crippen MR) is 149 cm³/mol. The number of nitrogens with zero attached hydrogens (tertiary/aromatic N) is 2. The molecule has 1 atom stereocenters. The Balaban J connectivity index is 1.62. The second-order valence-electron chi connectivity index (χ2n) is 8.23. The molecule has 186 valence electrons. The Kier molecular flexibility index (Phi) is 9.57. The molecule has 3 aromatic rings. The molecule has 0 aliphatic carbocycles. The lowest BCUT2D eigenvalue weighted by molar-refractivity contribution is -0.125. The standard InChI is InChI=1S/C24H23BrCl3N3O3S/c1-13-5-17(7-14-6-16(25)10-29-21(13)14)34-23(35-4)22(32)31-24(2,3)12-30-33-11-15-8-19(27)20(28)9-18(15)26/h5-10,12,23H,11H2,1-4H3,(H,31,32)/b30-12+. The first-order valence-electron chi connectivity index (χ1n) is 10.4. The number of oxime groups is 1. The van der Waals surface area contributed by atoms with Gasteiger partial charge in [0, 0.05) is 26.6 Å². The maximum Gasteiger partial charge on any atom is 0.272 e. The zero-order chi connectivity index (χ0) is 25.8. The van der Waals surface area contributed by atoms with E-state index in [1.54, 1.807) is 32.2 Å². The molecule has 2 aromatic carbocycles. The molecular formula is C24H23BrCl3N3O3S. The number of aromatic nitrogens is 1. The van der Waals surface area contributed by atoms with Crippen molar-refractivity contribution in [1.82, 2.24) is 10.3 Å². The number of pyridine rings is 1. The van der Waals surface area contributed by atoms with Crippen LogP contribution in [0.5, 0.6) is 5.75 Å². The highest BCUT2D eigenvalue weighted by atomic mass is 79.9. The molecule has 1 amide bonds. The predicted octanol–water partition coefficient (Wildman–Crippen LogP) is 7.43. The summed E-state index contributed by atoms with van der Waals surface area (Å²) in [6.45, 7) is 5.64. The summed E-state index contributed by atoms with van der Waals surface area (Å²) in [6, 6.07) is 8.87. The number of amides is 1. The normalized spacial score (nSPS) is 12.7. The number of halogens is 4. The van der Waals surface area contributed by atoms with Gasteiger partial charge in [-0.05, 0) is 78.9 Å². The highest BCUT2D eigenvalue weighted by Crippen LogP contribution is 2.30. The first-order chi connectivity index (χ1) is 16.5. The highest BCUT2D eigenvalue weighted by molar-refractivity contribution is 9.10. The molecule has 0 radical (unpaired) electrons. The van der Waals surface area contributed by atoms with Crippen molar-refractivity contribution in [3.05, 3.63) is 67.2 Å². The maximum absolute atomic E-state index is 12.9. The molecule has 1 N–H and O–H groups in total. The molecule has 1 heterocycles. The fourth-order valence-corrected chi connectivity index (χ4v) is 4.58. The second kappa shape index (κ2) is 12.0. The number of thioether (sulfide) groups is 1. The van der Waals surface area contributed by atoms with Gasteiger partial charge in [0.05, 0.1) is 27.3 Å². The highest BCUT2D eigenvalue weighted by Gasteiger charge is 2.26. The number of aryl methyl sites for hydroxylation is 1. The van der Waals surface area contributed by atoms with E-state index in [1.165, 1.54) is 18.0 Å². The topological polar surface area (TPSA) is 72.8 Å². The quantitative estimate of drug-likeness (QED) is 0.117. The smallest absolute Gasteiger partial charge is 0.272 e. The van der Waals surface area contributed by atoms with Gasteiger partial charge in [0.15, 0.2) is 0 Å². The van der Waals surface area contributed by atoms with E-state index in [9.17, 15) is 4.79 Å². The van der Waals surface area contributed by atoms with E-state index in [0.29, 0.717) is 26.4 Å². The third-order valence-corrected chi connectivity index (χ3v) is 7.04. The molecule has 1 aromatic heterocycles. The Bertz CT molecular complexity index is 1270. The molecule has 0 aliphatic heterocycles. The van der Waals surface area contributed by atoms with Crippen LogP contribution in [-0.2, 0) is 16.2 Å². The molecule has 11 heteroatoms. The van der Waals surface area contributed by atoms with Gasteiger partial charge in [-0.15, -0.1) is 11.8 Å². The number of carbonyl (C=O) groups excluding carboxylic acids is 1. The third kappa shape index (κ3) is 7.64. The Labute approximate surface area is 231 Å². The second-order valence-corrected chi connectivity index (χ2v) is 11.3. The molecule has 35 heavy (non-hydrogen) atoms. The largest absolute Gasteiger partial charge is 0.470 e. The van der Waals surface area contributed by atoms with Crippen LogP contribution >= 0.6 is 62.5 Å². The lowest BCUT2D eigenvalue weighted by Gasteiger charge is -2.25. The van der Waals surface area contributed by atoms with Crippen LogP contribution in [0.3, 0.4) is 0 Å². The minimum Gasteiger partial charge on any atom is -0.470 e. The molecule has 0 saturated carbocycles. The van der Waals surface area contributed by atoms with Crippen molar-refractivity contribution < 1.29 is 14.4 Å². The Hall–Kier alpha value is -1.71. The van der Waals surface area contributed by atoms with Gasteiger partial charge >= 0.3 is 0 Å². The first-order valence-corrected chi connectivity index (χ1v) is 13.6. The van der Waals surface area contributed by atoms with E-state index < -0.39 is 11.0 Å². The van der Waals surface area contributed by atoms with Gasteiger partial charge in [-0.25, -0.2) is 0 Å². The maximum atomic E-state index is 12.9. The molecule has 6 nitrogen and oxygen atoms in total. The van der Waals surface area contributed by atoms with Crippen molar-refractivity contribution in [1.29, 1.82) is 0 Å². The summed E-state index contributed by atoms with van der Waals surface area (Å²) in [7, 11) is 0. The van der Waals surface area contributed by atoms with Crippen LogP contribution in [0.25, 0.3) is 10.9 Å². The van der Waals surface area contributed by atoms with E-state index in [0.717, 1.165) is 20.9 Å². The van der Waals surface area contributed by atoms with E-state index in [2.05, 4.69) is 31.4 Å². The summed E-state index contributed by atoms with van der Waals surface area (Å²) in [5.74, 6) is 0.282. The molecular weight excluding hydrogens is 597 g/mol. The van der Waals surface area contributed by atoms with Gasteiger partial charge in [-0.3, -0.25) is 9.78 Å². The minimum atomic E-state index is -0.802. The number of rotatable bonds is 9. The Morgan fingerprint density at radius 1 is 1.20 bits per heavy atom. The Morgan fingerprint density at radius 2 is 1.91 bits per heavy atom. The van der Waals surface area contributed by atoms with Gasteiger partial charge < -0.3 is 14.9 Å². The van der Waals surface area contributed by atoms with Gasteiger partial charge in [0.2, 0.25) is 5.44 Å². The summed E-state index contributed by atoms with van der Waals surface area (Å²) >= 11 is 22.8. The number of benzene rings is 2. The van der Waals surface area contributed by atoms with Crippen molar-refractivity contribution in [2.45, 2.75) is 38.4 Å². The number of ether oxygens (including phenoxy) is 1. The fraction of sp³-hybridized carbons (Fsp3) is 0.292. The fourth-order valence-electron chi connectivity index (χ4n) is 3.13. The van der Waals surface area contributed by atoms with Crippen LogP contribution in [0.4, 0.5) is 0 Å². The van der Waals surface area contributed by atoms with Crippen LogP contribution in [0.1, 0.15) is 25.0 Å². The van der Waals surface area contributed by atoms with Crippen molar-refractivity contribution >= 4 is 85.5 Å². The van der Waals surface area contributed by atoms with E-state index in [1.807, 2.05) is 31.4 Å². The molecule has 1 unspecified atom stereocenters. The molecule has 3 rings (SSSR count). The zero-order valence-corrected chi connectivity index (χ0v) is 24.0. The van der Waals surface area contributed by atoms with E-state index in [-0.39, 0.29) is 12.5 Å². The summed E-state index contributed by atoms with van der Waals surface area (Å²) in [4.78, 5) is 22.7. The molecule has 0 bridgehead atoms. The van der Waals surface area contributed by atoms with Crippen LogP contribution in [0.2, 0.25) is 15.1 Å². The number of fused-ring (bicyclic) bond motifs is 1. The molecule has 0 spiro atoms. The summed E-state index contributed by atoms with van der Waals surface area (Å²) < 4.78 is 6.88. The van der Waals surface area contributed by atoms with Gasteiger partial charge in [-0.1, -0.05) is 40.0 Å². The number of carbonyl (C=O) groups is 1. The third-order valence-electron chi connectivity index (χ3n) is 4.79. The van der Waals surface area contributed by atoms with Gasteiger partial charge in [0.25, 0.3) is 5.91 Å². The first kappa shape index (κ1) is 27.9. The molecule has 0 fully saturated rings. The SMILES string of the molecule is CSC(Oc1cc(C)c2ncc(Br)cc2c1)C(=O)NC(C)(C)/C=N/OCc1cc(Cl)c(Cl)cc1Cl. The molecule has 0 saturated heterocycles. The van der Waals surface area contributed by atoms with Gasteiger partial charge in [0.1, 0.15) is 12.4 Å². The van der Waals surface area contributed by atoms with Crippen LogP contribution < -0.4 is 10.1 Å². The minimum absolute atomic E-state index is 0.0963.